The maximum atomic E-state index is 15.3. The first-order valence-electron chi connectivity index (χ1n) is 9.99. The molecule has 2 aliphatic heterocycles. The maximum Gasteiger partial charge on any atom is 0.404 e. The average molecular weight is 415 g/mol. The van der Waals surface area contributed by atoms with Gasteiger partial charge in [-0.2, -0.15) is 0 Å². The molecule has 0 saturated carbocycles. The van der Waals surface area contributed by atoms with Gasteiger partial charge in [0, 0.05) is 31.6 Å². The fraction of sp³-hybridized carbons (Fsp3) is 0.364. The minimum atomic E-state index is -0.919. The Hall–Kier alpha value is -3.16. The van der Waals surface area contributed by atoms with Crippen molar-refractivity contribution in [3.63, 3.8) is 0 Å². The summed E-state index contributed by atoms with van der Waals surface area (Å²) in [6.07, 6.45) is 0.0305. The molecular formula is C22H23F2N3O3. The number of carbonyl (C=O) groups is 2. The molecule has 0 aliphatic carbocycles. The molecule has 0 radical (unpaired) electrons. The van der Waals surface area contributed by atoms with Gasteiger partial charge in [0.2, 0.25) is 0 Å². The molecule has 2 atom stereocenters. The van der Waals surface area contributed by atoms with E-state index >= 15 is 4.39 Å². The number of amides is 3. The topological polar surface area (TPSA) is 75.9 Å². The third-order valence-electron chi connectivity index (χ3n) is 5.77. The number of halogens is 2. The van der Waals surface area contributed by atoms with Crippen molar-refractivity contribution in [3.05, 3.63) is 59.7 Å². The van der Waals surface area contributed by atoms with Crippen LogP contribution in [0.4, 0.5) is 18.4 Å². The highest BCUT2D eigenvalue weighted by atomic mass is 19.1. The van der Waals surface area contributed by atoms with Gasteiger partial charge in [0.1, 0.15) is 17.7 Å². The molecule has 2 fully saturated rings. The molecule has 6 nitrogen and oxygen atoms in total. The van der Waals surface area contributed by atoms with Crippen molar-refractivity contribution in [2.75, 3.05) is 19.6 Å². The van der Waals surface area contributed by atoms with E-state index in [9.17, 15) is 14.0 Å². The number of nitrogens with two attached hydrogens (primary N) is 1. The first-order valence-corrected chi connectivity index (χ1v) is 9.99. The van der Waals surface area contributed by atoms with Crippen LogP contribution >= 0.6 is 0 Å². The lowest BCUT2D eigenvalue weighted by Gasteiger charge is -2.37. The highest BCUT2D eigenvalue weighted by molar-refractivity contribution is 5.76. The second-order valence-electron chi connectivity index (χ2n) is 7.64. The van der Waals surface area contributed by atoms with Gasteiger partial charge in [0.05, 0.1) is 6.04 Å². The molecule has 0 spiro atoms. The number of carbonyl (C=O) groups excluding carboxylic acids is 2. The van der Waals surface area contributed by atoms with Crippen LogP contribution in [0, 0.1) is 11.6 Å². The van der Waals surface area contributed by atoms with Crippen LogP contribution in [0.2, 0.25) is 0 Å². The van der Waals surface area contributed by atoms with Crippen LogP contribution in [0.1, 0.15) is 18.4 Å². The summed E-state index contributed by atoms with van der Waals surface area (Å²) in [6.45, 7) is 1.78. The molecule has 4 rings (SSSR count). The highest BCUT2D eigenvalue weighted by Crippen LogP contribution is 2.31. The molecule has 30 heavy (non-hydrogen) atoms. The first kappa shape index (κ1) is 20.1. The number of nitrogens with zero attached hydrogens (tertiary/aromatic N) is 2. The van der Waals surface area contributed by atoms with Gasteiger partial charge in [0.15, 0.2) is 0 Å². The van der Waals surface area contributed by atoms with Gasteiger partial charge in [-0.05, 0) is 36.1 Å². The Morgan fingerprint density at radius 3 is 2.53 bits per heavy atom. The van der Waals surface area contributed by atoms with E-state index in [1.165, 1.54) is 18.2 Å². The van der Waals surface area contributed by atoms with Gasteiger partial charge in [-0.3, -0.25) is 0 Å². The summed E-state index contributed by atoms with van der Waals surface area (Å²) >= 11 is 0. The van der Waals surface area contributed by atoms with Crippen LogP contribution in [0.25, 0.3) is 11.1 Å². The smallest absolute Gasteiger partial charge is 0.404 e. The minimum absolute atomic E-state index is 0.136. The van der Waals surface area contributed by atoms with E-state index in [1.807, 2.05) is 0 Å². The lowest BCUT2D eigenvalue weighted by Crippen LogP contribution is -2.53. The van der Waals surface area contributed by atoms with Crippen LogP contribution in [-0.4, -0.2) is 53.7 Å². The minimum Gasteiger partial charge on any atom is -0.444 e. The van der Waals surface area contributed by atoms with Gasteiger partial charge < -0.3 is 20.3 Å². The Kier molecular flexibility index (Phi) is 5.57. The van der Waals surface area contributed by atoms with Crippen molar-refractivity contribution < 1.29 is 23.1 Å². The standard InChI is InChI=1S/C22H23F2N3O3/c23-16-6-1-4-14(12-16)17-7-2-5-15(20(17)24)13-18-19(30-21(25)28)8-11-27(18)22(29)26-9-3-10-26/h1-2,4-7,12,18-19H,3,8-11,13H2,(H2,25,28)/t18-,19-/m0/s1. The molecule has 0 aromatic heterocycles. The van der Waals surface area contributed by atoms with Crippen molar-refractivity contribution in [3.8, 4) is 11.1 Å². The van der Waals surface area contributed by atoms with E-state index in [0.717, 1.165) is 6.42 Å². The lowest BCUT2D eigenvalue weighted by atomic mass is 9.96. The zero-order valence-electron chi connectivity index (χ0n) is 16.4. The molecular weight excluding hydrogens is 392 g/mol. The maximum absolute atomic E-state index is 15.3. The largest absolute Gasteiger partial charge is 0.444 e. The highest BCUT2D eigenvalue weighted by Gasteiger charge is 2.42. The Morgan fingerprint density at radius 2 is 1.87 bits per heavy atom. The summed E-state index contributed by atoms with van der Waals surface area (Å²) in [5.74, 6) is -0.932. The number of urea groups is 1. The zero-order chi connectivity index (χ0) is 21.3. The summed E-state index contributed by atoms with van der Waals surface area (Å²) in [5.41, 5.74) is 6.28. The average Bonchev–Trinajstić information content (AvgIpc) is 3.03. The SMILES string of the molecule is NC(=O)O[C@H]1CCN(C(=O)N2CCC2)[C@H]1Cc1cccc(-c2cccc(F)c2)c1F. The molecule has 2 aromatic carbocycles. The van der Waals surface area contributed by atoms with Gasteiger partial charge in [0.25, 0.3) is 0 Å². The van der Waals surface area contributed by atoms with Gasteiger partial charge in [-0.15, -0.1) is 0 Å². The van der Waals surface area contributed by atoms with E-state index in [0.29, 0.717) is 37.2 Å². The second kappa shape index (κ2) is 8.30. The molecule has 3 amide bonds. The zero-order valence-corrected chi connectivity index (χ0v) is 16.4. The number of hydrogen-bond donors (Lipinski definition) is 1. The summed E-state index contributed by atoms with van der Waals surface area (Å²) in [4.78, 5) is 27.5. The van der Waals surface area contributed by atoms with E-state index in [1.54, 1.807) is 34.1 Å². The van der Waals surface area contributed by atoms with Crippen LogP contribution in [0.3, 0.4) is 0 Å². The van der Waals surface area contributed by atoms with Gasteiger partial charge in [-0.1, -0.05) is 30.3 Å². The van der Waals surface area contributed by atoms with Crippen molar-refractivity contribution >= 4 is 12.1 Å². The Balaban J connectivity index is 1.63. The van der Waals surface area contributed by atoms with Crippen LogP contribution in [-0.2, 0) is 11.2 Å². The van der Waals surface area contributed by atoms with E-state index in [4.69, 9.17) is 10.5 Å². The Labute approximate surface area is 173 Å². The number of ether oxygens (including phenoxy) is 1. The summed E-state index contributed by atoms with van der Waals surface area (Å²) in [7, 11) is 0. The fourth-order valence-corrected chi connectivity index (χ4v) is 4.12. The molecule has 0 unspecified atom stereocenters. The quantitative estimate of drug-likeness (QED) is 0.830. The van der Waals surface area contributed by atoms with Crippen LogP contribution in [0.15, 0.2) is 42.5 Å². The predicted octanol–water partition coefficient (Wildman–Crippen LogP) is 3.54. The van der Waals surface area contributed by atoms with Crippen molar-refractivity contribution in [1.29, 1.82) is 0 Å². The molecule has 2 aromatic rings. The number of hydrogen-bond acceptors (Lipinski definition) is 3. The molecule has 2 N–H and O–H groups in total. The monoisotopic (exact) mass is 415 g/mol. The van der Waals surface area contributed by atoms with Crippen LogP contribution in [0.5, 0.6) is 0 Å². The summed E-state index contributed by atoms with van der Waals surface area (Å²) in [5, 5.41) is 0. The third kappa shape index (κ3) is 3.94. The molecule has 2 aliphatic rings. The molecule has 158 valence electrons. The third-order valence-corrected chi connectivity index (χ3v) is 5.77. The lowest BCUT2D eigenvalue weighted by molar-refractivity contribution is 0.0717. The Morgan fingerprint density at radius 1 is 1.10 bits per heavy atom. The fourth-order valence-electron chi connectivity index (χ4n) is 4.12. The molecule has 0 bridgehead atoms. The number of benzene rings is 2. The number of likely N-dealkylation sites (tertiary alicyclic amines) is 2. The van der Waals surface area contributed by atoms with Crippen molar-refractivity contribution in [2.24, 2.45) is 5.73 Å². The van der Waals surface area contributed by atoms with Gasteiger partial charge in [-0.25, -0.2) is 18.4 Å². The van der Waals surface area contributed by atoms with Crippen LogP contribution < -0.4 is 5.73 Å². The van der Waals surface area contributed by atoms with E-state index in [-0.39, 0.29) is 18.0 Å². The number of rotatable bonds is 4. The normalized spacial score (nSPS) is 20.7. The van der Waals surface area contributed by atoms with E-state index in [2.05, 4.69) is 0 Å². The molecule has 2 heterocycles. The van der Waals surface area contributed by atoms with Crippen molar-refractivity contribution in [2.45, 2.75) is 31.4 Å². The summed E-state index contributed by atoms with van der Waals surface area (Å²) in [6, 6.07) is 9.99. The van der Waals surface area contributed by atoms with Gasteiger partial charge >= 0.3 is 12.1 Å². The molecule has 8 heteroatoms. The summed E-state index contributed by atoms with van der Waals surface area (Å²) < 4.78 is 34.2. The molecule has 2 saturated heterocycles. The first-order chi connectivity index (χ1) is 14.4. The van der Waals surface area contributed by atoms with E-state index < -0.39 is 29.9 Å². The number of primary amides is 1. The second-order valence-corrected chi connectivity index (χ2v) is 7.64. The Bertz CT molecular complexity index is 964. The van der Waals surface area contributed by atoms with Crippen molar-refractivity contribution in [1.82, 2.24) is 9.80 Å². The predicted molar refractivity (Wildman–Crippen MR) is 107 cm³/mol.